The van der Waals surface area contributed by atoms with Gasteiger partial charge in [-0.2, -0.15) is 4.57 Å². The van der Waals surface area contributed by atoms with Gasteiger partial charge in [0.25, 0.3) is 0 Å². The van der Waals surface area contributed by atoms with Gasteiger partial charge in [-0.3, -0.25) is 0 Å². The lowest BCUT2D eigenvalue weighted by Gasteiger charge is -2.12. The molecule has 2 heteroatoms. The molecule has 0 aliphatic rings. The van der Waals surface area contributed by atoms with E-state index < -0.39 is 0 Å². The maximum atomic E-state index is 2.36. The predicted molar refractivity (Wildman–Crippen MR) is 92.1 cm³/mol. The van der Waals surface area contributed by atoms with Crippen LogP contribution in [0.25, 0.3) is 20.7 Å². The van der Waals surface area contributed by atoms with Crippen LogP contribution in [0.4, 0.5) is 0 Å². The molecule has 3 aromatic rings. The van der Waals surface area contributed by atoms with Gasteiger partial charge in [0.15, 0.2) is 5.69 Å². The first-order chi connectivity index (χ1) is 9.93. The van der Waals surface area contributed by atoms with Crippen LogP contribution >= 0.6 is 11.3 Å². The van der Waals surface area contributed by atoms with Crippen LogP contribution in [0.15, 0.2) is 24.3 Å². The smallest absolute Gasteiger partial charge is 0.197 e. The SMILES string of the molecule is Cc1c(C)c(C)[n+](C)c(-c2sc3ccccc3c2C)c1C. The normalized spacial score (nSPS) is 11.3. The second kappa shape index (κ2) is 4.96. The summed E-state index contributed by atoms with van der Waals surface area (Å²) in [5.74, 6) is 0. The lowest BCUT2D eigenvalue weighted by molar-refractivity contribution is -0.667. The third kappa shape index (κ3) is 2.01. The minimum Gasteiger partial charge on any atom is -0.197 e. The monoisotopic (exact) mass is 296 g/mol. The molecule has 0 N–H and O–H groups in total. The zero-order valence-corrected chi connectivity index (χ0v) is 14.5. The van der Waals surface area contributed by atoms with E-state index in [2.05, 4.69) is 70.5 Å². The van der Waals surface area contributed by atoms with Crippen LogP contribution in [0.5, 0.6) is 0 Å². The van der Waals surface area contributed by atoms with Crippen LogP contribution in [-0.2, 0) is 7.05 Å². The molecule has 0 aliphatic heterocycles. The Morgan fingerprint density at radius 2 is 1.48 bits per heavy atom. The topological polar surface area (TPSA) is 3.88 Å². The summed E-state index contributed by atoms with van der Waals surface area (Å²) in [6.45, 7) is 11.2. The predicted octanol–water partition coefficient (Wildman–Crippen LogP) is 4.93. The number of nitrogens with zero attached hydrogens (tertiary/aromatic N) is 1. The van der Waals surface area contributed by atoms with Crippen molar-refractivity contribution in [3.05, 3.63) is 52.2 Å². The molecule has 0 amide bonds. The fraction of sp³-hybridized carbons (Fsp3) is 0.316. The molecule has 0 fully saturated rings. The summed E-state index contributed by atoms with van der Waals surface area (Å²) in [5, 5.41) is 1.38. The molecule has 0 radical (unpaired) electrons. The van der Waals surface area contributed by atoms with Gasteiger partial charge in [0, 0.05) is 22.8 Å². The zero-order chi connectivity index (χ0) is 15.3. The Morgan fingerprint density at radius 1 is 0.810 bits per heavy atom. The zero-order valence-electron chi connectivity index (χ0n) is 13.7. The molecule has 0 unspecified atom stereocenters. The van der Waals surface area contributed by atoms with Crippen molar-refractivity contribution < 1.29 is 4.57 Å². The molecule has 0 bridgehead atoms. The number of hydrogen-bond acceptors (Lipinski definition) is 1. The van der Waals surface area contributed by atoms with Gasteiger partial charge in [0.05, 0.1) is 0 Å². The van der Waals surface area contributed by atoms with Crippen molar-refractivity contribution in [2.24, 2.45) is 7.05 Å². The summed E-state index contributed by atoms with van der Waals surface area (Å²) in [4.78, 5) is 1.41. The molecule has 2 heterocycles. The third-order valence-corrected chi connectivity index (χ3v) is 6.20. The van der Waals surface area contributed by atoms with Crippen LogP contribution in [0.2, 0.25) is 0 Å². The summed E-state index contributed by atoms with van der Waals surface area (Å²) in [5.41, 5.74) is 8.33. The number of benzene rings is 1. The van der Waals surface area contributed by atoms with Crippen molar-refractivity contribution in [3.63, 3.8) is 0 Å². The number of aromatic nitrogens is 1. The molecule has 0 atom stereocenters. The number of pyridine rings is 1. The van der Waals surface area contributed by atoms with E-state index in [-0.39, 0.29) is 0 Å². The van der Waals surface area contributed by atoms with E-state index in [1.54, 1.807) is 0 Å². The lowest BCUT2D eigenvalue weighted by atomic mass is 9.99. The van der Waals surface area contributed by atoms with E-state index in [0.717, 1.165) is 0 Å². The van der Waals surface area contributed by atoms with Gasteiger partial charge in [-0.05, 0) is 50.3 Å². The highest BCUT2D eigenvalue weighted by atomic mass is 32.1. The molecule has 2 aromatic heterocycles. The van der Waals surface area contributed by atoms with E-state index in [0.29, 0.717) is 0 Å². The van der Waals surface area contributed by atoms with Crippen LogP contribution in [0, 0.1) is 34.6 Å². The van der Waals surface area contributed by atoms with Crippen molar-refractivity contribution in [3.8, 4) is 10.6 Å². The number of thiophene rings is 1. The van der Waals surface area contributed by atoms with E-state index in [4.69, 9.17) is 0 Å². The van der Waals surface area contributed by atoms with Crippen molar-refractivity contribution in [2.45, 2.75) is 34.6 Å². The van der Waals surface area contributed by atoms with E-state index in [1.165, 1.54) is 48.6 Å². The second-order valence-electron chi connectivity index (χ2n) is 5.92. The highest BCUT2D eigenvalue weighted by molar-refractivity contribution is 7.22. The molecule has 0 spiro atoms. The third-order valence-electron chi connectivity index (χ3n) is 4.92. The lowest BCUT2D eigenvalue weighted by Crippen LogP contribution is -2.37. The van der Waals surface area contributed by atoms with E-state index in [9.17, 15) is 0 Å². The summed E-state index contributed by atoms with van der Waals surface area (Å²) < 4.78 is 3.73. The Bertz CT molecular complexity index is 827. The molecular formula is C19H22NS+. The van der Waals surface area contributed by atoms with Crippen molar-refractivity contribution in [2.75, 3.05) is 0 Å². The fourth-order valence-corrected chi connectivity index (χ4v) is 4.47. The molecule has 3 rings (SSSR count). The van der Waals surface area contributed by atoms with Gasteiger partial charge in [-0.1, -0.05) is 18.2 Å². The summed E-state index contributed by atoms with van der Waals surface area (Å²) in [6, 6.07) is 8.71. The fourth-order valence-electron chi connectivity index (χ4n) is 3.12. The number of fused-ring (bicyclic) bond motifs is 1. The van der Waals surface area contributed by atoms with Crippen molar-refractivity contribution in [1.29, 1.82) is 0 Å². The molecule has 0 saturated heterocycles. The van der Waals surface area contributed by atoms with Crippen LogP contribution in [0.1, 0.15) is 27.9 Å². The van der Waals surface area contributed by atoms with Crippen molar-refractivity contribution >= 4 is 21.4 Å². The highest BCUT2D eigenvalue weighted by Gasteiger charge is 2.24. The number of rotatable bonds is 1. The molecule has 0 saturated carbocycles. The average Bonchev–Trinajstić information content (AvgIpc) is 2.81. The Morgan fingerprint density at radius 3 is 2.14 bits per heavy atom. The average molecular weight is 296 g/mol. The molecule has 1 nitrogen and oxygen atoms in total. The minimum absolute atomic E-state index is 1.35. The maximum Gasteiger partial charge on any atom is 0.226 e. The first kappa shape index (κ1) is 14.3. The van der Waals surface area contributed by atoms with Crippen LogP contribution in [-0.4, -0.2) is 0 Å². The molecular weight excluding hydrogens is 274 g/mol. The molecule has 21 heavy (non-hydrogen) atoms. The first-order valence-corrected chi connectivity index (χ1v) is 8.20. The van der Waals surface area contributed by atoms with E-state index in [1.807, 2.05) is 11.3 Å². The standard InChI is InChI=1S/C19H22NS/c1-11-12(2)15(5)20(6)18(13(11)3)19-14(4)16-9-7-8-10-17(16)21-19/h7-10H,1-6H3/q+1. The van der Waals surface area contributed by atoms with Gasteiger partial charge in [0.2, 0.25) is 5.69 Å². The van der Waals surface area contributed by atoms with Gasteiger partial charge in [-0.25, -0.2) is 0 Å². The quantitative estimate of drug-likeness (QED) is 0.560. The van der Waals surface area contributed by atoms with Gasteiger partial charge in [0.1, 0.15) is 11.9 Å². The molecule has 108 valence electrons. The van der Waals surface area contributed by atoms with Crippen LogP contribution < -0.4 is 4.57 Å². The van der Waals surface area contributed by atoms with E-state index >= 15 is 0 Å². The minimum atomic E-state index is 1.35. The maximum absolute atomic E-state index is 2.36. The van der Waals surface area contributed by atoms with Gasteiger partial charge >= 0.3 is 0 Å². The second-order valence-corrected chi connectivity index (χ2v) is 6.97. The summed E-state index contributed by atoms with van der Waals surface area (Å²) >= 11 is 1.91. The number of aryl methyl sites for hydroxylation is 1. The Kier molecular flexibility index (Phi) is 3.37. The molecule has 0 aliphatic carbocycles. The van der Waals surface area contributed by atoms with Gasteiger partial charge in [-0.15, -0.1) is 11.3 Å². The summed E-state index contributed by atoms with van der Waals surface area (Å²) in [7, 11) is 2.19. The highest BCUT2D eigenvalue weighted by Crippen LogP contribution is 2.38. The summed E-state index contributed by atoms with van der Waals surface area (Å²) in [6.07, 6.45) is 0. The Labute approximate surface area is 130 Å². The number of hydrogen-bond donors (Lipinski definition) is 0. The Hall–Kier alpha value is -1.67. The van der Waals surface area contributed by atoms with Gasteiger partial charge < -0.3 is 0 Å². The first-order valence-electron chi connectivity index (χ1n) is 7.38. The Balaban J connectivity index is 2.41. The van der Waals surface area contributed by atoms with Crippen molar-refractivity contribution in [1.82, 2.24) is 0 Å². The largest absolute Gasteiger partial charge is 0.226 e. The van der Waals surface area contributed by atoms with Crippen LogP contribution in [0.3, 0.4) is 0 Å². The molecule has 1 aromatic carbocycles.